The normalized spacial score (nSPS) is 55.0. The van der Waals surface area contributed by atoms with Crippen LogP contribution in [-0.4, -0.2) is 52.7 Å². The molecule has 9 unspecified atom stereocenters. The summed E-state index contributed by atoms with van der Waals surface area (Å²) in [5.41, 5.74) is -0.814. The van der Waals surface area contributed by atoms with Crippen molar-refractivity contribution >= 4 is 5.78 Å². The number of carbonyl (C=O) groups excluding carboxylic acids is 1. The number of nitrogens with zero attached hydrogens (tertiary/aromatic N) is 1. The molecule has 0 saturated heterocycles. The highest BCUT2D eigenvalue weighted by atomic mass is 16.3. The SMILES string of the molecule is CC(=O)C1CCC2C3CC(N(C)C)C4(O)CC(O)CCC4(C)C3CCC12C. The van der Waals surface area contributed by atoms with Gasteiger partial charge in [-0.25, -0.2) is 0 Å². The quantitative estimate of drug-likeness (QED) is 0.775. The van der Waals surface area contributed by atoms with E-state index in [4.69, 9.17) is 0 Å². The van der Waals surface area contributed by atoms with E-state index in [9.17, 15) is 15.0 Å². The van der Waals surface area contributed by atoms with E-state index in [0.29, 0.717) is 30.0 Å². The number of hydrogen-bond donors (Lipinski definition) is 2. The minimum Gasteiger partial charge on any atom is -0.393 e. The summed E-state index contributed by atoms with van der Waals surface area (Å²) in [5, 5.41) is 22.4. The number of carbonyl (C=O) groups is 1. The molecule has 0 aliphatic heterocycles. The van der Waals surface area contributed by atoms with E-state index in [-0.39, 0.29) is 28.9 Å². The van der Waals surface area contributed by atoms with Crippen molar-refractivity contribution in [2.45, 2.75) is 89.9 Å². The van der Waals surface area contributed by atoms with Crippen molar-refractivity contribution in [1.29, 1.82) is 0 Å². The molecule has 0 aromatic carbocycles. The van der Waals surface area contributed by atoms with Gasteiger partial charge in [-0.1, -0.05) is 13.8 Å². The average Bonchev–Trinajstić information content (AvgIpc) is 2.92. The molecule has 4 nitrogen and oxygen atoms in total. The molecule has 0 heterocycles. The third-order valence-electron chi connectivity index (χ3n) is 9.95. The standard InChI is InChI=1S/C23H39NO3/c1-14(25)17-6-7-18-16-12-20(24(4)5)23(27)13-15(26)8-11-22(23,3)19(16)9-10-21(17,18)2/h15-20,26-27H,6-13H2,1-5H3. The van der Waals surface area contributed by atoms with Crippen molar-refractivity contribution in [3.63, 3.8) is 0 Å². The van der Waals surface area contributed by atoms with E-state index in [1.807, 2.05) is 0 Å². The maximum Gasteiger partial charge on any atom is 0.133 e. The summed E-state index contributed by atoms with van der Waals surface area (Å²) < 4.78 is 0. The highest BCUT2D eigenvalue weighted by Crippen LogP contribution is 2.68. The Labute approximate surface area is 164 Å². The molecule has 0 amide bonds. The molecule has 2 N–H and O–H groups in total. The Hall–Kier alpha value is -0.450. The molecule has 0 aromatic rings. The van der Waals surface area contributed by atoms with Gasteiger partial charge in [0, 0.05) is 23.8 Å². The van der Waals surface area contributed by atoms with Crippen molar-refractivity contribution in [3.8, 4) is 0 Å². The fourth-order valence-electron chi connectivity index (χ4n) is 8.57. The summed E-state index contributed by atoms with van der Waals surface area (Å²) in [4.78, 5) is 14.5. The summed E-state index contributed by atoms with van der Waals surface area (Å²) in [6, 6.07) is 0.0810. The van der Waals surface area contributed by atoms with Gasteiger partial charge in [-0.15, -0.1) is 0 Å². The second-order valence-electron chi connectivity index (χ2n) is 11.1. The first kappa shape index (κ1) is 19.8. The minimum absolute atomic E-state index is 0.0810. The van der Waals surface area contributed by atoms with Gasteiger partial charge in [0.1, 0.15) is 5.78 Å². The van der Waals surface area contributed by atoms with Crippen molar-refractivity contribution in [2.75, 3.05) is 14.1 Å². The van der Waals surface area contributed by atoms with E-state index in [2.05, 4.69) is 32.8 Å². The van der Waals surface area contributed by atoms with Gasteiger partial charge in [-0.2, -0.15) is 0 Å². The highest BCUT2D eigenvalue weighted by Gasteiger charge is 2.67. The molecule has 4 aliphatic rings. The summed E-state index contributed by atoms with van der Waals surface area (Å²) >= 11 is 0. The zero-order valence-corrected chi connectivity index (χ0v) is 17.9. The van der Waals surface area contributed by atoms with E-state index < -0.39 is 5.60 Å². The Morgan fingerprint density at radius 1 is 1.04 bits per heavy atom. The maximum absolute atomic E-state index is 12.3. The first-order valence-corrected chi connectivity index (χ1v) is 11.1. The predicted molar refractivity (Wildman–Crippen MR) is 106 cm³/mol. The monoisotopic (exact) mass is 377 g/mol. The lowest BCUT2D eigenvalue weighted by Gasteiger charge is -2.67. The van der Waals surface area contributed by atoms with Crippen LogP contribution in [0, 0.1) is 34.5 Å². The molecule has 0 aromatic heterocycles. The van der Waals surface area contributed by atoms with Crippen LogP contribution >= 0.6 is 0 Å². The molecular weight excluding hydrogens is 338 g/mol. The van der Waals surface area contributed by atoms with Crippen molar-refractivity contribution < 1.29 is 15.0 Å². The van der Waals surface area contributed by atoms with Crippen molar-refractivity contribution in [2.24, 2.45) is 34.5 Å². The second kappa shape index (κ2) is 6.27. The lowest BCUT2D eigenvalue weighted by atomic mass is 9.42. The van der Waals surface area contributed by atoms with Crippen LogP contribution < -0.4 is 0 Å². The van der Waals surface area contributed by atoms with Crippen LogP contribution in [0.2, 0.25) is 0 Å². The smallest absolute Gasteiger partial charge is 0.133 e. The largest absolute Gasteiger partial charge is 0.393 e. The first-order valence-electron chi connectivity index (χ1n) is 11.1. The molecule has 27 heavy (non-hydrogen) atoms. The third kappa shape index (κ3) is 2.55. The second-order valence-corrected chi connectivity index (χ2v) is 11.1. The van der Waals surface area contributed by atoms with Crippen LogP contribution in [0.5, 0.6) is 0 Å². The molecule has 0 radical (unpaired) electrons. The van der Waals surface area contributed by atoms with E-state index in [1.54, 1.807) is 6.92 Å². The molecule has 0 bridgehead atoms. The molecule has 4 heteroatoms. The molecule has 4 fully saturated rings. The highest BCUT2D eigenvalue weighted by molar-refractivity contribution is 5.79. The van der Waals surface area contributed by atoms with Crippen LogP contribution in [0.1, 0.15) is 72.1 Å². The number of aliphatic hydroxyl groups is 2. The van der Waals surface area contributed by atoms with Crippen LogP contribution in [0.4, 0.5) is 0 Å². The number of Topliss-reactive ketones (excluding diaryl/α,β-unsaturated/α-hetero) is 1. The number of likely N-dealkylation sites (N-methyl/N-ethyl adjacent to an activating group) is 1. The van der Waals surface area contributed by atoms with E-state index in [1.165, 1.54) is 6.42 Å². The Bertz CT molecular complexity index is 621. The number of rotatable bonds is 2. The van der Waals surface area contributed by atoms with Crippen LogP contribution in [0.15, 0.2) is 0 Å². The summed E-state index contributed by atoms with van der Waals surface area (Å²) in [7, 11) is 4.17. The molecule has 0 spiro atoms. The number of hydrogen-bond acceptors (Lipinski definition) is 4. The van der Waals surface area contributed by atoms with Crippen molar-refractivity contribution in [1.82, 2.24) is 4.90 Å². The molecule has 4 aliphatic carbocycles. The lowest BCUT2D eigenvalue weighted by molar-refractivity contribution is -0.246. The van der Waals surface area contributed by atoms with Gasteiger partial charge >= 0.3 is 0 Å². The number of fused-ring (bicyclic) bond motifs is 5. The maximum atomic E-state index is 12.3. The van der Waals surface area contributed by atoms with Crippen LogP contribution in [0.3, 0.4) is 0 Å². The Balaban J connectivity index is 1.74. The topological polar surface area (TPSA) is 60.8 Å². The number of ketones is 1. The summed E-state index contributed by atoms with van der Waals surface area (Å²) in [5.74, 6) is 2.29. The zero-order chi connectivity index (χ0) is 19.8. The van der Waals surface area contributed by atoms with Crippen molar-refractivity contribution in [3.05, 3.63) is 0 Å². The fourth-order valence-corrected chi connectivity index (χ4v) is 8.57. The summed E-state index contributed by atoms with van der Waals surface area (Å²) in [6.07, 6.45) is 7.29. The van der Waals surface area contributed by atoms with Gasteiger partial charge < -0.3 is 15.1 Å². The predicted octanol–water partition coefficient (Wildman–Crippen LogP) is 3.25. The Kier molecular flexibility index (Phi) is 4.61. The van der Waals surface area contributed by atoms with E-state index >= 15 is 0 Å². The van der Waals surface area contributed by atoms with Gasteiger partial charge in [0.15, 0.2) is 0 Å². The number of aliphatic hydroxyl groups excluding tert-OH is 1. The van der Waals surface area contributed by atoms with E-state index in [0.717, 1.165) is 38.5 Å². The zero-order valence-electron chi connectivity index (χ0n) is 17.9. The summed E-state index contributed by atoms with van der Waals surface area (Å²) in [6.45, 7) is 6.48. The fraction of sp³-hybridized carbons (Fsp3) is 0.957. The Morgan fingerprint density at radius 3 is 2.37 bits per heavy atom. The molecule has 4 rings (SSSR count). The third-order valence-corrected chi connectivity index (χ3v) is 9.95. The minimum atomic E-state index is -0.818. The lowest BCUT2D eigenvalue weighted by Crippen LogP contribution is -2.71. The van der Waals surface area contributed by atoms with Gasteiger partial charge in [-0.05, 0) is 89.1 Å². The van der Waals surface area contributed by atoms with Gasteiger partial charge in [0.2, 0.25) is 0 Å². The Morgan fingerprint density at radius 2 is 1.74 bits per heavy atom. The average molecular weight is 378 g/mol. The van der Waals surface area contributed by atoms with Crippen LogP contribution in [0.25, 0.3) is 0 Å². The first-order chi connectivity index (χ1) is 12.5. The van der Waals surface area contributed by atoms with Gasteiger partial charge in [0.25, 0.3) is 0 Å². The molecule has 9 atom stereocenters. The van der Waals surface area contributed by atoms with Gasteiger partial charge in [0.05, 0.1) is 11.7 Å². The molecule has 4 saturated carbocycles. The molecule has 154 valence electrons. The molecular formula is C23H39NO3. The van der Waals surface area contributed by atoms with Crippen LogP contribution in [-0.2, 0) is 4.79 Å². The van der Waals surface area contributed by atoms with Gasteiger partial charge in [-0.3, -0.25) is 4.79 Å².